The molecule has 0 radical (unpaired) electrons. The van der Waals surface area contributed by atoms with E-state index in [0.717, 1.165) is 17.1 Å². The molecule has 1 aromatic carbocycles. The summed E-state index contributed by atoms with van der Waals surface area (Å²) in [6.45, 7) is 7.62. The van der Waals surface area contributed by atoms with Gasteiger partial charge in [0.15, 0.2) is 11.5 Å². The normalized spacial score (nSPS) is 15.5. The van der Waals surface area contributed by atoms with Crippen LogP contribution in [0.4, 0.5) is 5.69 Å². The Labute approximate surface area is 173 Å². The molecule has 2 aromatic heterocycles. The van der Waals surface area contributed by atoms with Crippen LogP contribution < -0.4 is 9.64 Å². The highest BCUT2D eigenvalue weighted by Gasteiger charge is 2.36. The Morgan fingerprint density at radius 3 is 2.69 bits per heavy atom. The van der Waals surface area contributed by atoms with Gasteiger partial charge >= 0.3 is 0 Å². The summed E-state index contributed by atoms with van der Waals surface area (Å²) in [5.74, 6) is 2.79. The van der Waals surface area contributed by atoms with E-state index < -0.39 is 6.23 Å². The number of carbonyl (C=O) groups excluding carboxylic acids is 1. The fourth-order valence-electron chi connectivity index (χ4n) is 3.13. The van der Waals surface area contributed by atoms with Crippen LogP contribution in [-0.4, -0.2) is 26.8 Å². The number of ether oxygens (including phenoxy) is 1. The van der Waals surface area contributed by atoms with Gasteiger partial charge < -0.3 is 9.15 Å². The van der Waals surface area contributed by atoms with Crippen LogP contribution in [0.15, 0.2) is 46.0 Å². The SMILES string of the molecule is CC(=O)N1c2ccccc2-c2nnc(SCC(C)C)nc2O[C@@H]1c1ccc(C)o1. The van der Waals surface area contributed by atoms with Crippen LogP contribution in [0.3, 0.4) is 0 Å². The summed E-state index contributed by atoms with van der Waals surface area (Å²) >= 11 is 1.53. The molecule has 4 rings (SSSR count). The van der Waals surface area contributed by atoms with Gasteiger partial charge in [-0.15, -0.1) is 10.2 Å². The van der Waals surface area contributed by atoms with Crippen molar-refractivity contribution in [2.45, 2.75) is 39.1 Å². The van der Waals surface area contributed by atoms with Crippen LogP contribution in [0.2, 0.25) is 0 Å². The molecule has 3 aromatic rings. The van der Waals surface area contributed by atoms with Crippen molar-refractivity contribution in [3.05, 3.63) is 47.9 Å². The molecule has 0 fully saturated rings. The summed E-state index contributed by atoms with van der Waals surface area (Å²) < 4.78 is 12.1. The number of hydrogen-bond acceptors (Lipinski definition) is 7. The smallest absolute Gasteiger partial charge is 0.247 e. The van der Waals surface area contributed by atoms with Gasteiger partial charge in [-0.2, -0.15) is 4.98 Å². The molecule has 0 bridgehead atoms. The molecule has 0 aliphatic carbocycles. The second-order valence-electron chi connectivity index (χ2n) is 7.28. The quantitative estimate of drug-likeness (QED) is 0.580. The zero-order valence-corrected chi connectivity index (χ0v) is 17.6. The Morgan fingerprint density at radius 2 is 2.00 bits per heavy atom. The first-order chi connectivity index (χ1) is 13.9. The first kappa shape index (κ1) is 19.4. The van der Waals surface area contributed by atoms with E-state index in [1.807, 2.05) is 43.3 Å². The summed E-state index contributed by atoms with van der Waals surface area (Å²) in [7, 11) is 0. The van der Waals surface area contributed by atoms with Gasteiger partial charge in [0.25, 0.3) is 0 Å². The molecule has 0 N–H and O–H groups in total. The van der Waals surface area contributed by atoms with Gasteiger partial charge in [-0.1, -0.05) is 43.8 Å². The van der Waals surface area contributed by atoms with Gasteiger partial charge in [0.2, 0.25) is 23.2 Å². The second-order valence-corrected chi connectivity index (χ2v) is 8.26. The van der Waals surface area contributed by atoms with E-state index >= 15 is 0 Å². The predicted octanol–water partition coefficient (Wildman–Crippen LogP) is 4.63. The van der Waals surface area contributed by atoms with Crippen LogP contribution >= 0.6 is 11.8 Å². The van der Waals surface area contributed by atoms with E-state index in [1.54, 1.807) is 4.90 Å². The van der Waals surface area contributed by atoms with Crippen molar-refractivity contribution >= 4 is 23.4 Å². The van der Waals surface area contributed by atoms with Gasteiger partial charge in [0.1, 0.15) is 5.76 Å². The summed E-state index contributed by atoms with van der Waals surface area (Å²) in [4.78, 5) is 18.8. The molecular formula is C21H22N4O3S. The number of furan rings is 1. The van der Waals surface area contributed by atoms with Crippen molar-refractivity contribution in [2.24, 2.45) is 5.92 Å². The Kier molecular flexibility index (Phi) is 5.27. The van der Waals surface area contributed by atoms with E-state index in [0.29, 0.717) is 34.1 Å². The van der Waals surface area contributed by atoms with Gasteiger partial charge in [-0.3, -0.25) is 9.69 Å². The first-order valence-corrected chi connectivity index (χ1v) is 10.4. The summed E-state index contributed by atoms with van der Waals surface area (Å²) in [5, 5.41) is 9.21. The van der Waals surface area contributed by atoms with E-state index in [1.165, 1.54) is 18.7 Å². The summed E-state index contributed by atoms with van der Waals surface area (Å²) in [6, 6.07) is 11.2. The van der Waals surface area contributed by atoms with Crippen LogP contribution in [0.1, 0.15) is 38.5 Å². The van der Waals surface area contributed by atoms with Gasteiger partial charge in [-0.25, -0.2) is 0 Å². The molecule has 0 unspecified atom stereocenters. The number of nitrogens with zero attached hydrogens (tertiary/aromatic N) is 4. The maximum absolute atomic E-state index is 12.6. The number of aromatic nitrogens is 3. The topological polar surface area (TPSA) is 81.4 Å². The Hall–Kier alpha value is -2.87. The Balaban J connectivity index is 1.86. The Morgan fingerprint density at radius 1 is 1.21 bits per heavy atom. The lowest BCUT2D eigenvalue weighted by molar-refractivity contribution is -0.118. The van der Waals surface area contributed by atoms with Crippen LogP contribution in [0, 0.1) is 12.8 Å². The highest BCUT2D eigenvalue weighted by Crippen LogP contribution is 2.43. The maximum Gasteiger partial charge on any atom is 0.247 e. The molecule has 7 nitrogen and oxygen atoms in total. The third-order valence-electron chi connectivity index (χ3n) is 4.40. The summed E-state index contributed by atoms with van der Waals surface area (Å²) in [6.07, 6.45) is -0.789. The fraction of sp³-hybridized carbons (Fsp3) is 0.333. The number of benzene rings is 1. The molecular weight excluding hydrogens is 388 g/mol. The molecule has 0 spiro atoms. The standard InChI is InChI=1S/C21H22N4O3S/c1-12(2)11-29-21-22-19-18(23-24-21)15-7-5-6-8-16(15)25(14(4)26)20(28-19)17-10-9-13(3)27-17/h5-10,12,20H,11H2,1-4H3/t20-/m1/s1. The molecule has 8 heteroatoms. The van der Waals surface area contributed by atoms with Crippen molar-refractivity contribution in [2.75, 3.05) is 10.7 Å². The molecule has 0 saturated carbocycles. The number of hydrogen-bond donors (Lipinski definition) is 0. The molecule has 29 heavy (non-hydrogen) atoms. The molecule has 1 aliphatic rings. The van der Waals surface area contributed by atoms with Gasteiger partial charge in [0, 0.05) is 18.2 Å². The maximum atomic E-state index is 12.6. The molecule has 1 aliphatic heterocycles. The zero-order valence-electron chi connectivity index (χ0n) is 16.7. The van der Waals surface area contributed by atoms with Crippen LogP contribution in [0.25, 0.3) is 11.3 Å². The second kappa shape index (κ2) is 7.87. The lowest BCUT2D eigenvalue weighted by Crippen LogP contribution is -2.35. The zero-order chi connectivity index (χ0) is 20.5. The number of fused-ring (bicyclic) bond motifs is 3. The summed E-state index contributed by atoms with van der Waals surface area (Å²) in [5.41, 5.74) is 1.92. The third-order valence-corrected chi connectivity index (χ3v) is 5.67. The van der Waals surface area contributed by atoms with Crippen molar-refractivity contribution in [3.8, 4) is 17.1 Å². The van der Waals surface area contributed by atoms with E-state index in [4.69, 9.17) is 9.15 Å². The van der Waals surface area contributed by atoms with Gasteiger partial charge in [-0.05, 0) is 31.0 Å². The van der Waals surface area contributed by atoms with Crippen molar-refractivity contribution in [3.63, 3.8) is 0 Å². The lowest BCUT2D eigenvalue weighted by Gasteiger charge is -2.28. The molecule has 150 valence electrons. The van der Waals surface area contributed by atoms with Crippen LogP contribution in [-0.2, 0) is 4.79 Å². The van der Waals surface area contributed by atoms with Crippen LogP contribution in [0.5, 0.6) is 5.88 Å². The van der Waals surface area contributed by atoms with E-state index in [2.05, 4.69) is 29.0 Å². The molecule has 1 amide bonds. The largest absolute Gasteiger partial charge is 0.460 e. The first-order valence-electron chi connectivity index (χ1n) is 9.43. The number of thioether (sulfide) groups is 1. The van der Waals surface area contributed by atoms with Crippen molar-refractivity contribution in [1.82, 2.24) is 15.2 Å². The van der Waals surface area contributed by atoms with E-state index in [-0.39, 0.29) is 5.91 Å². The minimum Gasteiger partial charge on any atom is -0.460 e. The van der Waals surface area contributed by atoms with Crippen molar-refractivity contribution in [1.29, 1.82) is 0 Å². The predicted molar refractivity (Wildman–Crippen MR) is 111 cm³/mol. The third kappa shape index (κ3) is 3.85. The monoisotopic (exact) mass is 410 g/mol. The van der Waals surface area contributed by atoms with Crippen molar-refractivity contribution < 1.29 is 13.9 Å². The number of amides is 1. The number of aryl methyl sites for hydroxylation is 1. The van der Waals surface area contributed by atoms with E-state index in [9.17, 15) is 4.79 Å². The number of carbonyl (C=O) groups is 1. The number of para-hydroxylation sites is 1. The molecule has 0 saturated heterocycles. The average molecular weight is 410 g/mol. The number of rotatable bonds is 4. The highest BCUT2D eigenvalue weighted by atomic mass is 32.2. The fourth-order valence-corrected chi connectivity index (χ4v) is 3.85. The van der Waals surface area contributed by atoms with Gasteiger partial charge in [0.05, 0.1) is 5.69 Å². The minimum absolute atomic E-state index is 0.174. The average Bonchev–Trinajstić information content (AvgIpc) is 3.06. The lowest BCUT2D eigenvalue weighted by atomic mass is 10.1. The Bertz CT molecular complexity index is 1050. The minimum atomic E-state index is -0.789. The highest BCUT2D eigenvalue weighted by molar-refractivity contribution is 7.99. The molecule has 1 atom stereocenters. The number of anilines is 1. The molecule has 3 heterocycles.